The van der Waals surface area contributed by atoms with E-state index in [2.05, 4.69) is 43.4 Å². The molecule has 3 nitrogen and oxygen atoms in total. The Labute approximate surface area is 126 Å². The van der Waals surface area contributed by atoms with Crippen LogP contribution in [0.5, 0.6) is 11.5 Å². The number of aryl methyl sites for hydroxylation is 1. The van der Waals surface area contributed by atoms with Gasteiger partial charge in [0.2, 0.25) is 0 Å². The van der Waals surface area contributed by atoms with Gasteiger partial charge in [-0.15, -0.1) is 0 Å². The van der Waals surface area contributed by atoms with E-state index in [1.54, 1.807) is 14.2 Å². The Bertz CT molecular complexity index is 608. The van der Waals surface area contributed by atoms with Gasteiger partial charge in [0.15, 0.2) is 11.5 Å². The standard InChI is InChI=1S/C18H23NO2/c1-5-19-12-14-10-9-13(2)16(11-14)15-7-6-8-17(20-3)18(15)21-4/h6-11,19H,5,12H2,1-4H3. The molecule has 2 aromatic carbocycles. The second kappa shape index (κ2) is 7.14. The van der Waals surface area contributed by atoms with Crippen LogP contribution in [0.4, 0.5) is 0 Å². The molecule has 0 aromatic heterocycles. The molecule has 0 aliphatic heterocycles. The first-order chi connectivity index (χ1) is 10.2. The van der Waals surface area contributed by atoms with E-state index < -0.39 is 0 Å². The lowest BCUT2D eigenvalue weighted by molar-refractivity contribution is 0.356. The van der Waals surface area contributed by atoms with E-state index in [9.17, 15) is 0 Å². The zero-order valence-electron chi connectivity index (χ0n) is 13.2. The molecule has 0 spiro atoms. The minimum atomic E-state index is 0.756. The van der Waals surface area contributed by atoms with Crippen molar-refractivity contribution in [2.24, 2.45) is 0 Å². The van der Waals surface area contributed by atoms with Gasteiger partial charge in [-0.25, -0.2) is 0 Å². The summed E-state index contributed by atoms with van der Waals surface area (Å²) in [4.78, 5) is 0. The van der Waals surface area contributed by atoms with Gasteiger partial charge in [0.05, 0.1) is 14.2 Å². The third kappa shape index (κ3) is 3.37. The van der Waals surface area contributed by atoms with E-state index in [0.29, 0.717) is 0 Å². The van der Waals surface area contributed by atoms with E-state index in [1.165, 1.54) is 16.7 Å². The van der Waals surface area contributed by atoms with Gasteiger partial charge in [0.25, 0.3) is 0 Å². The predicted molar refractivity (Wildman–Crippen MR) is 87.1 cm³/mol. The van der Waals surface area contributed by atoms with E-state index in [4.69, 9.17) is 9.47 Å². The minimum Gasteiger partial charge on any atom is -0.493 e. The Kier molecular flexibility index (Phi) is 5.23. The molecule has 0 heterocycles. The van der Waals surface area contributed by atoms with Crippen molar-refractivity contribution in [2.45, 2.75) is 20.4 Å². The maximum atomic E-state index is 5.56. The van der Waals surface area contributed by atoms with Gasteiger partial charge >= 0.3 is 0 Å². The number of methoxy groups -OCH3 is 2. The molecule has 3 heteroatoms. The molecule has 21 heavy (non-hydrogen) atoms. The van der Waals surface area contributed by atoms with Gasteiger partial charge in [-0.3, -0.25) is 0 Å². The summed E-state index contributed by atoms with van der Waals surface area (Å²) >= 11 is 0. The van der Waals surface area contributed by atoms with Crippen molar-refractivity contribution in [1.82, 2.24) is 5.32 Å². The lowest BCUT2D eigenvalue weighted by atomic mass is 9.97. The van der Waals surface area contributed by atoms with Gasteiger partial charge in [-0.05, 0) is 42.3 Å². The number of hydrogen-bond donors (Lipinski definition) is 1. The molecule has 0 radical (unpaired) electrons. The molecule has 0 saturated carbocycles. The highest BCUT2D eigenvalue weighted by Gasteiger charge is 2.13. The van der Waals surface area contributed by atoms with Crippen molar-refractivity contribution in [3.63, 3.8) is 0 Å². The number of rotatable bonds is 6. The van der Waals surface area contributed by atoms with Crippen molar-refractivity contribution in [3.8, 4) is 22.6 Å². The Morgan fingerprint density at radius 3 is 2.48 bits per heavy atom. The van der Waals surface area contributed by atoms with Gasteiger partial charge in [-0.2, -0.15) is 0 Å². The third-order valence-electron chi connectivity index (χ3n) is 3.57. The van der Waals surface area contributed by atoms with Crippen LogP contribution in [0.15, 0.2) is 36.4 Å². The van der Waals surface area contributed by atoms with Gasteiger partial charge in [-0.1, -0.05) is 31.2 Å². The summed E-state index contributed by atoms with van der Waals surface area (Å²) in [5.74, 6) is 1.54. The van der Waals surface area contributed by atoms with E-state index in [0.717, 1.165) is 30.2 Å². The van der Waals surface area contributed by atoms with Crippen molar-refractivity contribution in [2.75, 3.05) is 20.8 Å². The molecule has 0 bridgehead atoms. The van der Waals surface area contributed by atoms with Crippen molar-refractivity contribution in [3.05, 3.63) is 47.5 Å². The zero-order chi connectivity index (χ0) is 15.2. The van der Waals surface area contributed by atoms with Crippen LogP contribution >= 0.6 is 0 Å². The summed E-state index contributed by atoms with van der Waals surface area (Å²) in [5.41, 5.74) is 4.73. The van der Waals surface area contributed by atoms with E-state index in [-0.39, 0.29) is 0 Å². The molecule has 2 aromatic rings. The van der Waals surface area contributed by atoms with Crippen LogP contribution in [-0.4, -0.2) is 20.8 Å². The predicted octanol–water partition coefficient (Wildman–Crippen LogP) is 3.79. The molecule has 0 saturated heterocycles. The average Bonchev–Trinajstić information content (AvgIpc) is 2.53. The van der Waals surface area contributed by atoms with Crippen molar-refractivity contribution >= 4 is 0 Å². The topological polar surface area (TPSA) is 30.5 Å². The third-order valence-corrected chi connectivity index (χ3v) is 3.57. The number of para-hydroxylation sites is 1. The second-order valence-electron chi connectivity index (χ2n) is 4.97. The van der Waals surface area contributed by atoms with Gasteiger partial charge in [0, 0.05) is 12.1 Å². The second-order valence-corrected chi connectivity index (χ2v) is 4.97. The Hall–Kier alpha value is -2.00. The number of hydrogen-bond acceptors (Lipinski definition) is 3. The highest BCUT2D eigenvalue weighted by molar-refractivity contribution is 5.76. The van der Waals surface area contributed by atoms with E-state index in [1.807, 2.05) is 12.1 Å². The monoisotopic (exact) mass is 285 g/mol. The fourth-order valence-electron chi connectivity index (χ4n) is 2.44. The molecule has 0 amide bonds. The maximum Gasteiger partial charge on any atom is 0.168 e. The van der Waals surface area contributed by atoms with Crippen LogP contribution in [0.2, 0.25) is 0 Å². The van der Waals surface area contributed by atoms with Crippen molar-refractivity contribution in [1.29, 1.82) is 0 Å². The molecule has 0 atom stereocenters. The molecule has 0 aliphatic rings. The van der Waals surface area contributed by atoms with Crippen LogP contribution in [0.25, 0.3) is 11.1 Å². The first-order valence-corrected chi connectivity index (χ1v) is 7.22. The highest BCUT2D eigenvalue weighted by Crippen LogP contribution is 2.39. The summed E-state index contributed by atoms with van der Waals surface area (Å²) in [5, 5.41) is 3.36. The molecular weight excluding hydrogens is 262 g/mol. The van der Waals surface area contributed by atoms with Crippen LogP contribution in [-0.2, 0) is 6.54 Å². The largest absolute Gasteiger partial charge is 0.493 e. The molecule has 0 aliphatic carbocycles. The Morgan fingerprint density at radius 1 is 1.00 bits per heavy atom. The first kappa shape index (κ1) is 15.4. The molecular formula is C18H23NO2. The smallest absolute Gasteiger partial charge is 0.168 e. The molecule has 0 unspecified atom stereocenters. The Balaban J connectivity index is 2.50. The van der Waals surface area contributed by atoms with Gasteiger partial charge < -0.3 is 14.8 Å². The number of nitrogens with one attached hydrogen (secondary N) is 1. The summed E-state index contributed by atoms with van der Waals surface area (Å²) in [7, 11) is 3.34. The van der Waals surface area contributed by atoms with E-state index >= 15 is 0 Å². The van der Waals surface area contributed by atoms with Crippen LogP contribution in [0, 0.1) is 6.92 Å². The molecule has 2 rings (SSSR count). The van der Waals surface area contributed by atoms with Gasteiger partial charge in [0.1, 0.15) is 0 Å². The van der Waals surface area contributed by atoms with Crippen molar-refractivity contribution < 1.29 is 9.47 Å². The number of ether oxygens (including phenoxy) is 2. The summed E-state index contributed by atoms with van der Waals surface area (Å²) in [6, 6.07) is 12.5. The lowest BCUT2D eigenvalue weighted by Gasteiger charge is -2.15. The zero-order valence-corrected chi connectivity index (χ0v) is 13.2. The minimum absolute atomic E-state index is 0.756. The molecule has 0 fully saturated rings. The number of benzene rings is 2. The highest BCUT2D eigenvalue weighted by atomic mass is 16.5. The lowest BCUT2D eigenvalue weighted by Crippen LogP contribution is -2.11. The fourth-order valence-corrected chi connectivity index (χ4v) is 2.44. The Morgan fingerprint density at radius 2 is 1.81 bits per heavy atom. The summed E-state index contributed by atoms with van der Waals surface area (Å²) in [6.45, 7) is 6.06. The molecule has 1 N–H and O–H groups in total. The maximum absolute atomic E-state index is 5.56. The summed E-state index contributed by atoms with van der Waals surface area (Å²) in [6.07, 6.45) is 0. The average molecular weight is 285 g/mol. The first-order valence-electron chi connectivity index (χ1n) is 7.22. The van der Waals surface area contributed by atoms with Crippen LogP contribution in [0.1, 0.15) is 18.1 Å². The normalized spacial score (nSPS) is 10.5. The molecule has 112 valence electrons. The van der Waals surface area contributed by atoms with Crippen LogP contribution in [0.3, 0.4) is 0 Å². The quantitative estimate of drug-likeness (QED) is 0.876. The SMILES string of the molecule is CCNCc1ccc(C)c(-c2cccc(OC)c2OC)c1. The fraction of sp³-hybridized carbons (Fsp3) is 0.333. The summed E-state index contributed by atoms with van der Waals surface area (Å²) < 4.78 is 11.0. The van der Waals surface area contributed by atoms with Crippen LogP contribution < -0.4 is 14.8 Å².